The number of hydrogen-bond acceptors (Lipinski definition) is 4. The molecule has 19 heavy (non-hydrogen) atoms. The van der Waals surface area contributed by atoms with Crippen LogP contribution in [-0.2, 0) is 0 Å². The third kappa shape index (κ3) is 2.17. The molecule has 2 aromatic carbocycles. The second kappa shape index (κ2) is 4.39. The topological polar surface area (TPSA) is 56.5 Å². The van der Waals surface area contributed by atoms with Crippen molar-refractivity contribution in [2.24, 2.45) is 0 Å². The van der Waals surface area contributed by atoms with E-state index in [1.54, 1.807) is 0 Å². The van der Waals surface area contributed by atoms with Crippen LogP contribution in [0.4, 0.5) is 17.1 Å². The Balaban J connectivity index is 1.91. The second-order valence-electron chi connectivity index (χ2n) is 4.72. The molecule has 1 aliphatic rings. The SMILES string of the molecule is Cc1cc(N)c(Nc2ccc3c(c2)OCO3)cc1C. The molecule has 4 nitrogen and oxygen atoms in total. The van der Waals surface area contributed by atoms with Crippen molar-refractivity contribution < 1.29 is 9.47 Å². The summed E-state index contributed by atoms with van der Waals surface area (Å²) in [5, 5.41) is 3.31. The number of benzene rings is 2. The molecule has 0 aliphatic carbocycles. The molecule has 1 aliphatic heterocycles. The van der Waals surface area contributed by atoms with Crippen LogP contribution in [0.5, 0.6) is 11.5 Å². The minimum Gasteiger partial charge on any atom is -0.454 e. The van der Waals surface area contributed by atoms with Crippen molar-refractivity contribution in [3.63, 3.8) is 0 Å². The fourth-order valence-electron chi connectivity index (χ4n) is 2.08. The van der Waals surface area contributed by atoms with Crippen LogP contribution in [0.2, 0.25) is 0 Å². The van der Waals surface area contributed by atoms with Gasteiger partial charge in [0.05, 0.1) is 11.4 Å². The molecule has 0 bridgehead atoms. The van der Waals surface area contributed by atoms with Crippen molar-refractivity contribution in [1.82, 2.24) is 0 Å². The molecule has 0 unspecified atom stereocenters. The summed E-state index contributed by atoms with van der Waals surface area (Å²) in [7, 11) is 0. The molecule has 4 heteroatoms. The standard InChI is InChI=1S/C15H16N2O2/c1-9-5-12(16)13(6-10(9)2)17-11-3-4-14-15(7-11)19-8-18-14/h3-7,17H,8,16H2,1-2H3. The van der Waals surface area contributed by atoms with Crippen LogP contribution < -0.4 is 20.5 Å². The maximum absolute atomic E-state index is 6.03. The summed E-state index contributed by atoms with van der Waals surface area (Å²) >= 11 is 0. The normalized spacial score (nSPS) is 12.5. The Morgan fingerprint density at radius 3 is 2.58 bits per heavy atom. The van der Waals surface area contributed by atoms with Gasteiger partial charge in [0, 0.05) is 11.8 Å². The van der Waals surface area contributed by atoms with Gasteiger partial charge in [0.2, 0.25) is 6.79 Å². The summed E-state index contributed by atoms with van der Waals surface area (Å²) in [5.41, 5.74) is 11.0. The fraction of sp³-hybridized carbons (Fsp3) is 0.200. The van der Waals surface area contributed by atoms with Gasteiger partial charge < -0.3 is 20.5 Å². The first-order valence-corrected chi connectivity index (χ1v) is 6.17. The quantitative estimate of drug-likeness (QED) is 0.809. The van der Waals surface area contributed by atoms with Crippen LogP contribution in [0.1, 0.15) is 11.1 Å². The van der Waals surface area contributed by atoms with Crippen molar-refractivity contribution >= 4 is 17.1 Å². The van der Waals surface area contributed by atoms with Gasteiger partial charge in [0.15, 0.2) is 11.5 Å². The van der Waals surface area contributed by atoms with Crippen molar-refractivity contribution in [2.45, 2.75) is 13.8 Å². The Hall–Kier alpha value is -2.36. The van der Waals surface area contributed by atoms with Crippen molar-refractivity contribution in [3.05, 3.63) is 41.5 Å². The number of rotatable bonds is 2. The number of nitrogens with one attached hydrogen (secondary N) is 1. The van der Waals surface area contributed by atoms with Gasteiger partial charge in [0.1, 0.15) is 0 Å². The molecule has 0 saturated heterocycles. The summed E-state index contributed by atoms with van der Waals surface area (Å²) in [6.07, 6.45) is 0. The first kappa shape index (κ1) is 11.7. The molecule has 3 rings (SSSR count). The molecular formula is C15H16N2O2. The lowest BCUT2D eigenvalue weighted by molar-refractivity contribution is 0.174. The van der Waals surface area contributed by atoms with E-state index in [1.807, 2.05) is 24.3 Å². The van der Waals surface area contributed by atoms with Crippen molar-refractivity contribution in [3.8, 4) is 11.5 Å². The average molecular weight is 256 g/mol. The lowest BCUT2D eigenvalue weighted by atomic mass is 10.1. The Bertz CT molecular complexity index is 638. The molecule has 2 aromatic rings. The Kier molecular flexibility index (Phi) is 2.71. The number of aryl methyl sites for hydroxylation is 2. The number of nitrogen functional groups attached to an aromatic ring is 1. The number of nitrogens with two attached hydrogens (primary N) is 1. The first-order valence-electron chi connectivity index (χ1n) is 6.17. The Morgan fingerprint density at radius 2 is 1.74 bits per heavy atom. The highest BCUT2D eigenvalue weighted by Gasteiger charge is 2.13. The summed E-state index contributed by atoms with van der Waals surface area (Å²) in [5.74, 6) is 1.53. The lowest BCUT2D eigenvalue weighted by Crippen LogP contribution is -1.98. The maximum atomic E-state index is 6.03. The molecule has 0 atom stereocenters. The molecular weight excluding hydrogens is 240 g/mol. The van der Waals surface area contributed by atoms with Crippen LogP contribution in [0.3, 0.4) is 0 Å². The first-order chi connectivity index (χ1) is 9.13. The van der Waals surface area contributed by atoms with Crippen molar-refractivity contribution in [2.75, 3.05) is 17.8 Å². The van der Waals surface area contributed by atoms with E-state index in [4.69, 9.17) is 15.2 Å². The summed E-state index contributed by atoms with van der Waals surface area (Å²) in [6, 6.07) is 9.78. The highest BCUT2D eigenvalue weighted by molar-refractivity contribution is 5.75. The molecule has 0 amide bonds. The van der Waals surface area contributed by atoms with E-state index in [9.17, 15) is 0 Å². The van der Waals surface area contributed by atoms with E-state index >= 15 is 0 Å². The van der Waals surface area contributed by atoms with Crippen LogP contribution in [-0.4, -0.2) is 6.79 Å². The second-order valence-corrected chi connectivity index (χ2v) is 4.72. The minimum atomic E-state index is 0.282. The van der Waals surface area contributed by atoms with Gasteiger partial charge in [-0.3, -0.25) is 0 Å². The minimum absolute atomic E-state index is 0.282. The molecule has 0 spiro atoms. The molecule has 98 valence electrons. The van der Waals surface area contributed by atoms with Crippen molar-refractivity contribution in [1.29, 1.82) is 0 Å². The average Bonchev–Trinajstić information content (AvgIpc) is 2.83. The molecule has 3 N–H and O–H groups in total. The van der Waals surface area contributed by atoms with Crippen LogP contribution in [0, 0.1) is 13.8 Å². The Morgan fingerprint density at radius 1 is 1.00 bits per heavy atom. The summed E-state index contributed by atoms with van der Waals surface area (Å²) in [4.78, 5) is 0. The highest BCUT2D eigenvalue weighted by atomic mass is 16.7. The molecule has 0 saturated carbocycles. The zero-order valence-electron chi connectivity index (χ0n) is 11.0. The van der Waals surface area contributed by atoms with Gasteiger partial charge in [-0.2, -0.15) is 0 Å². The van der Waals surface area contributed by atoms with Crippen LogP contribution in [0.15, 0.2) is 30.3 Å². The van der Waals surface area contributed by atoms with E-state index < -0.39 is 0 Å². The number of anilines is 3. The highest BCUT2D eigenvalue weighted by Crippen LogP contribution is 2.36. The van der Waals surface area contributed by atoms with E-state index in [1.165, 1.54) is 11.1 Å². The largest absolute Gasteiger partial charge is 0.454 e. The van der Waals surface area contributed by atoms with Gasteiger partial charge >= 0.3 is 0 Å². The van der Waals surface area contributed by atoms with Gasteiger partial charge in [-0.15, -0.1) is 0 Å². The van der Waals surface area contributed by atoms with E-state index in [2.05, 4.69) is 25.2 Å². The molecule has 1 heterocycles. The molecule has 0 radical (unpaired) electrons. The third-order valence-electron chi connectivity index (χ3n) is 3.32. The van der Waals surface area contributed by atoms with Gasteiger partial charge in [0.25, 0.3) is 0 Å². The summed E-state index contributed by atoms with van der Waals surface area (Å²) < 4.78 is 10.6. The monoisotopic (exact) mass is 256 g/mol. The predicted molar refractivity (Wildman–Crippen MR) is 76.2 cm³/mol. The fourth-order valence-corrected chi connectivity index (χ4v) is 2.08. The third-order valence-corrected chi connectivity index (χ3v) is 3.32. The molecule has 0 aromatic heterocycles. The lowest BCUT2D eigenvalue weighted by Gasteiger charge is -2.12. The number of fused-ring (bicyclic) bond motifs is 1. The van der Waals surface area contributed by atoms with Gasteiger partial charge in [-0.1, -0.05) is 0 Å². The van der Waals surface area contributed by atoms with Crippen LogP contribution in [0.25, 0.3) is 0 Å². The van der Waals surface area contributed by atoms with E-state index in [0.29, 0.717) is 0 Å². The van der Waals surface area contributed by atoms with Gasteiger partial charge in [-0.25, -0.2) is 0 Å². The van der Waals surface area contributed by atoms with Crippen LogP contribution >= 0.6 is 0 Å². The van der Waals surface area contributed by atoms with E-state index in [0.717, 1.165) is 28.6 Å². The predicted octanol–water partition coefficient (Wildman–Crippen LogP) is 3.36. The zero-order valence-corrected chi connectivity index (χ0v) is 11.0. The maximum Gasteiger partial charge on any atom is 0.231 e. The van der Waals surface area contributed by atoms with E-state index in [-0.39, 0.29) is 6.79 Å². The van der Waals surface area contributed by atoms with Gasteiger partial charge in [-0.05, 0) is 49.2 Å². The number of hydrogen-bond donors (Lipinski definition) is 2. The smallest absolute Gasteiger partial charge is 0.231 e. The Labute approximate surface area is 112 Å². The zero-order chi connectivity index (χ0) is 13.4. The number of ether oxygens (including phenoxy) is 2. The molecule has 0 fully saturated rings. The summed E-state index contributed by atoms with van der Waals surface area (Å²) in [6.45, 7) is 4.40.